The Hall–Kier alpha value is -1.22. The maximum absolute atomic E-state index is 2.50. The van der Waals surface area contributed by atoms with Gasteiger partial charge in [0.2, 0.25) is 0 Å². The minimum Gasteiger partial charge on any atom is -0.0763 e. The van der Waals surface area contributed by atoms with Crippen LogP contribution < -0.4 is 10.6 Å². The summed E-state index contributed by atoms with van der Waals surface area (Å²) in [6.07, 6.45) is 6.17. The molecule has 0 heterocycles. The van der Waals surface area contributed by atoms with Crippen LogP contribution in [0.1, 0.15) is 54.9 Å². The Bertz CT molecular complexity index is 811. The van der Waals surface area contributed by atoms with Gasteiger partial charge in [0, 0.05) is 5.92 Å². The van der Waals surface area contributed by atoms with Crippen LogP contribution in [-0.2, 0) is 0 Å². The van der Waals surface area contributed by atoms with E-state index in [0.717, 1.165) is 0 Å². The fraction of sp³-hybridized carbons (Fsp3) is 0.407. The van der Waals surface area contributed by atoms with Gasteiger partial charge in [-0.25, -0.2) is 0 Å². The van der Waals surface area contributed by atoms with Gasteiger partial charge in [-0.15, -0.1) is 0 Å². The van der Waals surface area contributed by atoms with Crippen molar-refractivity contribution in [1.29, 1.82) is 0 Å². The largest absolute Gasteiger partial charge is 0.0763 e. The lowest BCUT2D eigenvalue weighted by Gasteiger charge is -2.45. The molecule has 0 amide bonds. The topological polar surface area (TPSA) is 0 Å². The van der Waals surface area contributed by atoms with Gasteiger partial charge in [-0.2, -0.15) is 0 Å². The second kappa shape index (κ2) is 8.88. The molecule has 0 radical (unpaired) electrons. The van der Waals surface area contributed by atoms with Crippen LogP contribution in [0.2, 0.25) is 0 Å². The molecule has 0 saturated heterocycles. The number of benzene rings is 2. The highest BCUT2D eigenvalue weighted by molar-refractivity contribution is 7.78. The lowest BCUT2D eigenvalue weighted by atomic mass is 10.1. The predicted octanol–water partition coefficient (Wildman–Crippen LogP) is 8.01. The highest BCUT2D eigenvalue weighted by atomic mass is 31.1. The Kier molecular flexibility index (Phi) is 6.88. The lowest BCUT2D eigenvalue weighted by Crippen LogP contribution is -2.27. The van der Waals surface area contributed by atoms with E-state index >= 15 is 0 Å². The summed E-state index contributed by atoms with van der Waals surface area (Å²) in [7, 11) is -0.850. The Morgan fingerprint density at radius 1 is 0.724 bits per heavy atom. The van der Waals surface area contributed by atoms with E-state index in [4.69, 9.17) is 0 Å². The molecule has 3 rings (SSSR count). The third kappa shape index (κ3) is 4.93. The summed E-state index contributed by atoms with van der Waals surface area (Å²) in [5, 5.41) is 6.84. The molecule has 0 bridgehead atoms. The number of hydrogen-bond donors (Lipinski definition) is 0. The van der Waals surface area contributed by atoms with Gasteiger partial charge >= 0.3 is 0 Å². The third-order valence-electron chi connectivity index (χ3n) is 5.39. The van der Waals surface area contributed by atoms with E-state index in [9.17, 15) is 0 Å². The van der Waals surface area contributed by atoms with Crippen LogP contribution in [0.3, 0.4) is 0 Å². The lowest BCUT2D eigenvalue weighted by molar-refractivity contribution is 0.691. The molecule has 0 saturated carbocycles. The van der Waals surface area contributed by atoms with E-state index in [1.54, 1.807) is 10.6 Å². The molecule has 29 heavy (non-hydrogen) atoms. The van der Waals surface area contributed by atoms with Gasteiger partial charge < -0.3 is 0 Å². The van der Waals surface area contributed by atoms with Crippen LogP contribution in [0, 0.1) is 5.92 Å². The van der Waals surface area contributed by atoms with Crippen LogP contribution in [-0.4, -0.2) is 10.3 Å². The van der Waals surface area contributed by atoms with Crippen molar-refractivity contribution in [3.8, 4) is 0 Å². The Labute approximate surface area is 181 Å². The highest BCUT2D eigenvalue weighted by Crippen LogP contribution is 2.71. The van der Waals surface area contributed by atoms with E-state index in [1.165, 1.54) is 17.0 Å². The van der Waals surface area contributed by atoms with Crippen molar-refractivity contribution in [3.63, 3.8) is 0 Å². The molecule has 1 aliphatic carbocycles. The van der Waals surface area contributed by atoms with E-state index in [0.29, 0.717) is 5.92 Å². The van der Waals surface area contributed by atoms with Crippen LogP contribution in [0.4, 0.5) is 0 Å². The quantitative estimate of drug-likeness (QED) is 0.428. The monoisotopic (exact) mass is 422 g/mol. The number of allylic oxidation sites excluding steroid dienone is 4. The van der Waals surface area contributed by atoms with E-state index in [1.807, 2.05) is 0 Å². The van der Waals surface area contributed by atoms with Crippen molar-refractivity contribution in [2.24, 2.45) is 5.92 Å². The molecule has 2 heteroatoms. The normalized spacial score (nSPS) is 17.6. The molecule has 154 valence electrons. The SMILES string of the molecule is CCC1C=CC(P(c2ccccc2)c2ccccc2)=C1P(C(C)(C)C)C(C)(C)C. The van der Waals surface area contributed by atoms with Crippen LogP contribution in [0.15, 0.2) is 83.4 Å². The van der Waals surface area contributed by atoms with Crippen molar-refractivity contribution >= 4 is 26.5 Å². The maximum Gasteiger partial charge on any atom is 0.00300 e. The first-order valence-corrected chi connectivity index (χ1v) is 13.5. The van der Waals surface area contributed by atoms with Crippen molar-refractivity contribution in [3.05, 3.63) is 83.4 Å². The first-order chi connectivity index (χ1) is 13.6. The highest BCUT2D eigenvalue weighted by Gasteiger charge is 2.42. The van der Waals surface area contributed by atoms with Gasteiger partial charge in [0.15, 0.2) is 0 Å². The zero-order chi connectivity index (χ0) is 21.2. The molecule has 1 unspecified atom stereocenters. The summed E-state index contributed by atoms with van der Waals surface area (Å²) in [4.78, 5) is 0. The average molecular weight is 423 g/mol. The van der Waals surface area contributed by atoms with Crippen molar-refractivity contribution in [1.82, 2.24) is 0 Å². The average Bonchev–Trinajstić information content (AvgIpc) is 3.04. The Balaban J connectivity index is 2.28. The Morgan fingerprint density at radius 2 is 1.17 bits per heavy atom. The summed E-state index contributed by atoms with van der Waals surface area (Å²) < 4.78 is 0. The third-order valence-corrected chi connectivity index (χ3v) is 11.8. The summed E-state index contributed by atoms with van der Waals surface area (Å²) in [5.41, 5.74) is 0. The minimum absolute atomic E-state index is 0.280. The molecule has 0 aliphatic heterocycles. The first-order valence-electron chi connectivity index (χ1n) is 10.8. The molecular weight excluding hydrogens is 386 g/mol. The van der Waals surface area contributed by atoms with E-state index < -0.39 is 7.92 Å². The molecule has 1 atom stereocenters. The molecule has 2 aromatic carbocycles. The Morgan fingerprint density at radius 3 is 1.55 bits per heavy atom. The van der Waals surface area contributed by atoms with E-state index in [-0.39, 0.29) is 18.2 Å². The van der Waals surface area contributed by atoms with Crippen molar-refractivity contribution < 1.29 is 0 Å². The van der Waals surface area contributed by atoms with Crippen molar-refractivity contribution in [2.45, 2.75) is 65.2 Å². The minimum atomic E-state index is -0.541. The smallest absolute Gasteiger partial charge is 0.00300 e. The fourth-order valence-corrected chi connectivity index (χ4v) is 12.1. The first kappa shape index (κ1) is 22.5. The summed E-state index contributed by atoms with van der Waals surface area (Å²) in [6.45, 7) is 17.1. The summed E-state index contributed by atoms with van der Waals surface area (Å²) >= 11 is 0. The summed E-state index contributed by atoms with van der Waals surface area (Å²) in [6, 6.07) is 22.3. The van der Waals surface area contributed by atoms with Gasteiger partial charge in [-0.05, 0) is 45.9 Å². The number of hydrogen-bond acceptors (Lipinski definition) is 0. The molecule has 0 spiro atoms. The molecule has 0 fully saturated rings. The van der Waals surface area contributed by atoms with Gasteiger partial charge in [-0.1, -0.05) is 129 Å². The predicted molar refractivity (Wildman–Crippen MR) is 135 cm³/mol. The maximum atomic E-state index is 2.50. The second-order valence-electron chi connectivity index (χ2n) is 9.83. The van der Waals surface area contributed by atoms with Crippen LogP contribution in [0.25, 0.3) is 0 Å². The van der Waals surface area contributed by atoms with Gasteiger partial charge in [0.1, 0.15) is 0 Å². The van der Waals surface area contributed by atoms with E-state index in [2.05, 4.69) is 121 Å². The zero-order valence-electron chi connectivity index (χ0n) is 19.1. The zero-order valence-corrected chi connectivity index (χ0v) is 20.9. The number of rotatable bonds is 5. The molecule has 0 nitrogen and oxygen atoms in total. The molecule has 1 aliphatic rings. The second-order valence-corrected chi connectivity index (χ2v) is 15.8. The van der Waals surface area contributed by atoms with Crippen molar-refractivity contribution in [2.75, 3.05) is 0 Å². The molecule has 0 aromatic heterocycles. The van der Waals surface area contributed by atoms with Gasteiger partial charge in [-0.3, -0.25) is 0 Å². The molecular formula is C27H36P2. The summed E-state index contributed by atoms with van der Waals surface area (Å²) in [5.74, 6) is 0.576. The molecule has 2 aromatic rings. The van der Waals surface area contributed by atoms with Crippen LogP contribution in [0.5, 0.6) is 0 Å². The standard InChI is InChI=1S/C27H36P2/c1-8-21-19-20-24(25(21)29(26(2,3)4)27(5,6)7)28(22-15-11-9-12-16-22)23-17-13-10-14-18-23/h9-21H,8H2,1-7H3. The van der Waals surface area contributed by atoms with Gasteiger partial charge in [0.25, 0.3) is 0 Å². The van der Waals surface area contributed by atoms with Crippen LogP contribution >= 0.6 is 15.8 Å². The molecule has 0 N–H and O–H groups in total. The van der Waals surface area contributed by atoms with Gasteiger partial charge in [0.05, 0.1) is 0 Å². The fourth-order valence-electron chi connectivity index (χ4n) is 4.68.